The van der Waals surface area contributed by atoms with Gasteiger partial charge in [-0.25, -0.2) is 0 Å². The highest BCUT2D eigenvalue weighted by molar-refractivity contribution is 6.30. The van der Waals surface area contributed by atoms with Crippen molar-refractivity contribution in [3.63, 3.8) is 0 Å². The van der Waals surface area contributed by atoms with Crippen LogP contribution in [0.1, 0.15) is 38.3 Å². The van der Waals surface area contributed by atoms with Gasteiger partial charge in [0, 0.05) is 35.3 Å². The Balaban J connectivity index is 1.72. The van der Waals surface area contributed by atoms with Crippen molar-refractivity contribution in [3.8, 4) is 11.3 Å². The molecule has 0 radical (unpaired) electrons. The second-order valence-electron chi connectivity index (χ2n) is 6.08. The minimum Gasteiger partial charge on any atom is -0.270 e. The quantitative estimate of drug-likeness (QED) is 0.705. The predicted molar refractivity (Wildman–Crippen MR) is 91.5 cm³/mol. The smallest absolute Gasteiger partial charge is 0.116 e. The van der Waals surface area contributed by atoms with Gasteiger partial charge in [0.05, 0.1) is 12.4 Å². The first kappa shape index (κ1) is 15.7. The third-order valence-electron chi connectivity index (χ3n) is 3.86. The Morgan fingerprint density at radius 1 is 1.09 bits per heavy atom. The van der Waals surface area contributed by atoms with Crippen molar-refractivity contribution < 1.29 is 0 Å². The summed E-state index contributed by atoms with van der Waals surface area (Å²) in [6.07, 6.45) is 5.80. The number of nitrogens with zero attached hydrogens (tertiary/aromatic N) is 5. The molecule has 0 aliphatic carbocycles. The van der Waals surface area contributed by atoms with Gasteiger partial charge in [0.2, 0.25) is 0 Å². The lowest BCUT2D eigenvalue weighted by Gasteiger charge is -2.11. The summed E-state index contributed by atoms with van der Waals surface area (Å²) in [5.41, 5.74) is 3.07. The van der Waals surface area contributed by atoms with Gasteiger partial charge < -0.3 is 0 Å². The zero-order valence-electron chi connectivity index (χ0n) is 13.5. The van der Waals surface area contributed by atoms with Crippen LogP contribution in [0.2, 0.25) is 5.02 Å². The average Bonchev–Trinajstić information content (AvgIpc) is 3.16. The minimum absolute atomic E-state index is 0.334. The van der Waals surface area contributed by atoms with Crippen molar-refractivity contribution in [2.75, 3.05) is 0 Å². The highest BCUT2D eigenvalue weighted by atomic mass is 35.5. The summed E-state index contributed by atoms with van der Waals surface area (Å²) < 4.78 is 3.80. The van der Waals surface area contributed by atoms with E-state index in [0.717, 1.165) is 22.8 Å². The maximum Gasteiger partial charge on any atom is 0.116 e. The average molecular weight is 330 g/mol. The third kappa shape index (κ3) is 3.62. The molecule has 0 saturated carbocycles. The molecular weight excluding hydrogens is 310 g/mol. The van der Waals surface area contributed by atoms with Gasteiger partial charge in [-0.15, -0.1) is 5.10 Å². The highest BCUT2D eigenvalue weighted by Gasteiger charge is 2.11. The van der Waals surface area contributed by atoms with E-state index in [1.807, 2.05) is 40.1 Å². The van der Waals surface area contributed by atoms with Crippen LogP contribution in [0, 0.1) is 0 Å². The Bertz CT molecular complexity index is 772. The molecule has 120 valence electrons. The first-order valence-electron chi connectivity index (χ1n) is 7.73. The van der Waals surface area contributed by atoms with Crippen LogP contribution >= 0.6 is 11.6 Å². The molecule has 5 nitrogen and oxygen atoms in total. The predicted octanol–water partition coefficient (Wildman–Crippen LogP) is 4.18. The van der Waals surface area contributed by atoms with E-state index in [4.69, 9.17) is 11.6 Å². The van der Waals surface area contributed by atoms with Gasteiger partial charge in [0.15, 0.2) is 0 Å². The highest BCUT2D eigenvalue weighted by Crippen LogP contribution is 2.21. The molecule has 0 saturated heterocycles. The summed E-state index contributed by atoms with van der Waals surface area (Å²) in [7, 11) is 0. The van der Waals surface area contributed by atoms with E-state index in [2.05, 4.69) is 48.3 Å². The molecule has 0 bridgehead atoms. The van der Waals surface area contributed by atoms with E-state index in [1.54, 1.807) is 0 Å². The van der Waals surface area contributed by atoms with Crippen molar-refractivity contribution in [1.29, 1.82) is 0 Å². The SMILES string of the molecule is CC(C)n1cc(-c2cn(C[C@H](C)c3ccc(Cl)cc3)nn2)cn1. The van der Waals surface area contributed by atoms with Crippen molar-refractivity contribution in [2.24, 2.45) is 0 Å². The van der Waals surface area contributed by atoms with Crippen LogP contribution in [-0.4, -0.2) is 24.8 Å². The lowest BCUT2D eigenvalue weighted by atomic mass is 10.0. The number of hydrogen-bond donors (Lipinski definition) is 0. The van der Waals surface area contributed by atoms with E-state index in [0.29, 0.717) is 12.0 Å². The van der Waals surface area contributed by atoms with Crippen LogP contribution < -0.4 is 0 Å². The summed E-state index contributed by atoms with van der Waals surface area (Å²) in [6.45, 7) is 7.14. The maximum atomic E-state index is 5.94. The standard InChI is InChI=1S/C17H20ClN5/c1-12(2)23-10-15(8-19-23)17-11-22(21-20-17)9-13(3)14-4-6-16(18)7-5-14/h4-8,10-13H,9H2,1-3H3/t13-/m0/s1. The van der Waals surface area contributed by atoms with E-state index >= 15 is 0 Å². The van der Waals surface area contributed by atoms with Crippen molar-refractivity contribution in [3.05, 3.63) is 53.4 Å². The monoisotopic (exact) mass is 329 g/mol. The fourth-order valence-electron chi connectivity index (χ4n) is 2.45. The molecule has 0 unspecified atom stereocenters. The van der Waals surface area contributed by atoms with Crippen LogP contribution in [0.5, 0.6) is 0 Å². The van der Waals surface area contributed by atoms with E-state index in [-0.39, 0.29) is 0 Å². The molecule has 3 aromatic rings. The van der Waals surface area contributed by atoms with Crippen LogP contribution in [0.25, 0.3) is 11.3 Å². The summed E-state index contributed by atoms with van der Waals surface area (Å²) in [5, 5.41) is 13.6. The summed E-state index contributed by atoms with van der Waals surface area (Å²) in [5.74, 6) is 0.334. The molecule has 0 spiro atoms. The largest absolute Gasteiger partial charge is 0.270 e. The fraction of sp³-hybridized carbons (Fsp3) is 0.353. The first-order chi connectivity index (χ1) is 11.0. The summed E-state index contributed by atoms with van der Waals surface area (Å²) in [4.78, 5) is 0. The second kappa shape index (κ2) is 6.54. The second-order valence-corrected chi connectivity index (χ2v) is 6.52. The Hall–Kier alpha value is -2.14. The van der Waals surface area contributed by atoms with Crippen molar-refractivity contribution in [2.45, 2.75) is 39.3 Å². The maximum absolute atomic E-state index is 5.94. The molecule has 1 aromatic carbocycles. The Morgan fingerprint density at radius 2 is 1.83 bits per heavy atom. The minimum atomic E-state index is 0.334. The molecule has 0 fully saturated rings. The summed E-state index contributed by atoms with van der Waals surface area (Å²) in [6, 6.07) is 8.28. The number of halogens is 1. The Kier molecular flexibility index (Phi) is 4.48. The molecule has 0 aliphatic heterocycles. The number of hydrogen-bond acceptors (Lipinski definition) is 3. The normalized spacial score (nSPS) is 12.7. The molecule has 0 N–H and O–H groups in total. The molecule has 6 heteroatoms. The van der Waals surface area contributed by atoms with Crippen LogP contribution in [0.3, 0.4) is 0 Å². The number of aromatic nitrogens is 5. The van der Waals surface area contributed by atoms with Gasteiger partial charge in [-0.3, -0.25) is 9.36 Å². The van der Waals surface area contributed by atoms with Gasteiger partial charge in [0.1, 0.15) is 5.69 Å². The zero-order chi connectivity index (χ0) is 16.4. The van der Waals surface area contributed by atoms with Crippen LogP contribution in [-0.2, 0) is 6.54 Å². The fourth-order valence-corrected chi connectivity index (χ4v) is 2.58. The van der Waals surface area contributed by atoms with Gasteiger partial charge in [0.25, 0.3) is 0 Å². The van der Waals surface area contributed by atoms with Gasteiger partial charge in [-0.2, -0.15) is 5.10 Å². The number of benzene rings is 1. The van der Waals surface area contributed by atoms with Gasteiger partial charge in [-0.05, 0) is 31.5 Å². The molecule has 1 atom stereocenters. The zero-order valence-corrected chi connectivity index (χ0v) is 14.3. The lowest BCUT2D eigenvalue weighted by molar-refractivity contribution is 0.527. The first-order valence-corrected chi connectivity index (χ1v) is 8.11. The summed E-state index contributed by atoms with van der Waals surface area (Å²) >= 11 is 5.94. The topological polar surface area (TPSA) is 48.5 Å². The molecule has 0 aliphatic rings. The molecule has 3 rings (SSSR count). The van der Waals surface area contributed by atoms with Crippen molar-refractivity contribution >= 4 is 11.6 Å². The number of rotatable bonds is 5. The van der Waals surface area contributed by atoms with E-state index in [1.165, 1.54) is 5.56 Å². The van der Waals surface area contributed by atoms with Gasteiger partial charge in [-0.1, -0.05) is 35.9 Å². The Morgan fingerprint density at radius 3 is 2.48 bits per heavy atom. The molecule has 2 heterocycles. The third-order valence-corrected chi connectivity index (χ3v) is 4.12. The van der Waals surface area contributed by atoms with Crippen molar-refractivity contribution in [1.82, 2.24) is 24.8 Å². The molecule has 0 amide bonds. The lowest BCUT2D eigenvalue weighted by Crippen LogP contribution is -2.06. The Labute approximate surface area is 140 Å². The van der Waals surface area contributed by atoms with Gasteiger partial charge >= 0.3 is 0 Å². The van der Waals surface area contributed by atoms with Crippen LogP contribution in [0.4, 0.5) is 0 Å². The van der Waals surface area contributed by atoms with Crippen LogP contribution in [0.15, 0.2) is 42.9 Å². The molecule has 23 heavy (non-hydrogen) atoms. The van der Waals surface area contributed by atoms with E-state index in [9.17, 15) is 0 Å². The molecular formula is C17H20ClN5. The molecule has 2 aromatic heterocycles. The van der Waals surface area contributed by atoms with E-state index < -0.39 is 0 Å².